The van der Waals surface area contributed by atoms with Crippen molar-refractivity contribution in [3.8, 4) is 5.75 Å². The Hall–Kier alpha value is -1.10. The molecule has 0 amide bonds. The molecule has 2 rings (SSSR count). The van der Waals surface area contributed by atoms with Crippen LogP contribution in [0.3, 0.4) is 0 Å². The number of nitrogens with zero attached hydrogens (tertiary/aromatic N) is 2. The summed E-state index contributed by atoms with van der Waals surface area (Å²) in [5, 5.41) is 0. The first-order valence-corrected chi connectivity index (χ1v) is 7.41. The number of hydrogen-bond donors (Lipinski definition) is 0. The maximum atomic E-state index is 5.78. The molecule has 1 aromatic rings. The molecule has 1 fully saturated rings. The third kappa shape index (κ3) is 5.12. The molecule has 112 valence electrons. The summed E-state index contributed by atoms with van der Waals surface area (Å²) in [5.41, 5.74) is 1.27. The van der Waals surface area contributed by atoms with Gasteiger partial charge in [-0.25, -0.2) is 0 Å². The van der Waals surface area contributed by atoms with Crippen molar-refractivity contribution in [3.05, 3.63) is 29.8 Å². The molecule has 1 aliphatic rings. The van der Waals surface area contributed by atoms with Gasteiger partial charge < -0.3 is 9.47 Å². The van der Waals surface area contributed by atoms with Crippen LogP contribution in [0.25, 0.3) is 0 Å². The molecule has 0 saturated carbocycles. The molecule has 0 bridgehead atoms. The zero-order valence-corrected chi connectivity index (χ0v) is 12.7. The van der Waals surface area contributed by atoms with E-state index in [0.717, 1.165) is 58.2 Å². The second-order valence-electron chi connectivity index (χ2n) is 5.34. The molecule has 1 aromatic carbocycles. The Kier molecular flexibility index (Phi) is 6.30. The molecule has 0 aromatic heterocycles. The summed E-state index contributed by atoms with van der Waals surface area (Å²) in [6, 6.07) is 8.25. The van der Waals surface area contributed by atoms with E-state index in [9.17, 15) is 0 Å². The van der Waals surface area contributed by atoms with Crippen molar-refractivity contribution in [2.75, 3.05) is 59.6 Å². The van der Waals surface area contributed by atoms with Gasteiger partial charge in [-0.05, 0) is 19.1 Å². The van der Waals surface area contributed by atoms with Gasteiger partial charge in [0.15, 0.2) is 0 Å². The van der Waals surface area contributed by atoms with Crippen molar-refractivity contribution in [1.82, 2.24) is 9.80 Å². The highest BCUT2D eigenvalue weighted by Gasteiger charge is 2.15. The average molecular weight is 278 g/mol. The number of ether oxygens (including phenoxy) is 2. The molecule has 4 heteroatoms. The molecule has 1 heterocycles. The molecule has 0 aliphatic carbocycles. The zero-order valence-electron chi connectivity index (χ0n) is 12.7. The Bertz CT molecular complexity index is 373. The van der Waals surface area contributed by atoms with Crippen LogP contribution in [0.4, 0.5) is 0 Å². The first kappa shape index (κ1) is 15.3. The summed E-state index contributed by atoms with van der Waals surface area (Å²) < 4.78 is 10.9. The number of aryl methyl sites for hydroxylation is 1. The first-order valence-electron chi connectivity index (χ1n) is 7.41. The summed E-state index contributed by atoms with van der Waals surface area (Å²) in [4.78, 5) is 4.93. The Morgan fingerprint density at radius 1 is 0.900 bits per heavy atom. The first-order chi connectivity index (χ1) is 9.78. The molecule has 1 aliphatic heterocycles. The predicted octanol–water partition coefficient (Wildman–Crippen LogP) is 1.64. The van der Waals surface area contributed by atoms with Gasteiger partial charge in [0.1, 0.15) is 12.4 Å². The minimum absolute atomic E-state index is 0.765. The third-order valence-electron chi connectivity index (χ3n) is 3.77. The molecule has 20 heavy (non-hydrogen) atoms. The van der Waals surface area contributed by atoms with Gasteiger partial charge in [0.05, 0.1) is 6.61 Å². The van der Waals surface area contributed by atoms with E-state index in [2.05, 4.69) is 28.9 Å². The normalized spacial score (nSPS) is 17.3. The van der Waals surface area contributed by atoms with E-state index in [1.54, 1.807) is 7.11 Å². The van der Waals surface area contributed by atoms with Gasteiger partial charge in [0, 0.05) is 46.4 Å². The molecule has 0 unspecified atom stereocenters. The second kappa shape index (κ2) is 8.25. The fourth-order valence-corrected chi connectivity index (χ4v) is 2.38. The summed E-state index contributed by atoms with van der Waals surface area (Å²) in [6.45, 7) is 10.3. The van der Waals surface area contributed by atoms with Crippen molar-refractivity contribution in [2.24, 2.45) is 0 Å². The fourth-order valence-electron chi connectivity index (χ4n) is 2.38. The maximum absolute atomic E-state index is 5.78. The van der Waals surface area contributed by atoms with Crippen molar-refractivity contribution in [1.29, 1.82) is 0 Å². The quantitative estimate of drug-likeness (QED) is 0.757. The van der Waals surface area contributed by atoms with Crippen molar-refractivity contribution >= 4 is 0 Å². The van der Waals surface area contributed by atoms with Crippen LogP contribution in [-0.2, 0) is 4.74 Å². The van der Waals surface area contributed by atoms with E-state index in [1.165, 1.54) is 5.56 Å². The highest BCUT2D eigenvalue weighted by atomic mass is 16.5. The van der Waals surface area contributed by atoms with Gasteiger partial charge >= 0.3 is 0 Å². The van der Waals surface area contributed by atoms with E-state index in [0.29, 0.717) is 0 Å². The highest BCUT2D eigenvalue weighted by molar-refractivity contribution is 5.26. The molecular weight excluding hydrogens is 252 g/mol. The van der Waals surface area contributed by atoms with Crippen LogP contribution in [0.15, 0.2) is 24.3 Å². The summed E-state index contributed by atoms with van der Waals surface area (Å²) in [6.07, 6.45) is 0. The minimum Gasteiger partial charge on any atom is -0.492 e. The van der Waals surface area contributed by atoms with Gasteiger partial charge in [-0.3, -0.25) is 9.80 Å². The number of hydrogen-bond acceptors (Lipinski definition) is 4. The number of methoxy groups -OCH3 is 1. The van der Waals surface area contributed by atoms with Crippen molar-refractivity contribution in [2.45, 2.75) is 6.92 Å². The summed E-state index contributed by atoms with van der Waals surface area (Å²) in [7, 11) is 1.76. The Labute approximate surface area is 122 Å². The maximum Gasteiger partial charge on any atom is 0.119 e. The SMILES string of the molecule is COCCN1CCN(CCOc2ccc(C)cc2)CC1. The monoisotopic (exact) mass is 278 g/mol. The van der Waals surface area contributed by atoms with Gasteiger partial charge in [-0.1, -0.05) is 17.7 Å². The highest BCUT2D eigenvalue weighted by Crippen LogP contribution is 2.11. The topological polar surface area (TPSA) is 24.9 Å². The molecular formula is C16H26N2O2. The van der Waals surface area contributed by atoms with E-state index in [4.69, 9.17) is 9.47 Å². The van der Waals surface area contributed by atoms with E-state index >= 15 is 0 Å². The molecule has 0 N–H and O–H groups in total. The van der Waals surface area contributed by atoms with Crippen LogP contribution in [0.1, 0.15) is 5.56 Å². The van der Waals surface area contributed by atoms with Crippen LogP contribution in [0.5, 0.6) is 5.75 Å². The number of piperazine rings is 1. The molecule has 0 spiro atoms. The molecule has 0 radical (unpaired) electrons. The van der Waals surface area contributed by atoms with Gasteiger partial charge in [-0.15, -0.1) is 0 Å². The van der Waals surface area contributed by atoms with Crippen molar-refractivity contribution in [3.63, 3.8) is 0 Å². The lowest BCUT2D eigenvalue weighted by molar-refractivity contribution is 0.0894. The number of benzene rings is 1. The second-order valence-corrected chi connectivity index (χ2v) is 5.34. The van der Waals surface area contributed by atoms with Gasteiger partial charge in [0.2, 0.25) is 0 Å². The van der Waals surface area contributed by atoms with Crippen LogP contribution in [-0.4, -0.2) is 69.4 Å². The summed E-state index contributed by atoms with van der Waals surface area (Å²) >= 11 is 0. The molecule has 4 nitrogen and oxygen atoms in total. The molecule has 1 saturated heterocycles. The largest absolute Gasteiger partial charge is 0.492 e. The minimum atomic E-state index is 0.765. The number of rotatable bonds is 7. The third-order valence-corrected chi connectivity index (χ3v) is 3.77. The zero-order chi connectivity index (χ0) is 14.2. The van der Waals surface area contributed by atoms with Crippen molar-refractivity contribution < 1.29 is 9.47 Å². The Balaban J connectivity index is 1.60. The lowest BCUT2D eigenvalue weighted by atomic mass is 10.2. The van der Waals surface area contributed by atoms with Crippen LogP contribution >= 0.6 is 0 Å². The molecule has 0 atom stereocenters. The Morgan fingerprint density at radius 3 is 2.00 bits per heavy atom. The van der Waals surface area contributed by atoms with Crippen LogP contribution < -0.4 is 4.74 Å². The van der Waals surface area contributed by atoms with E-state index in [1.807, 2.05) is 12.1 Å². The lowest BCUT2D eigenvalue weighted by Gasteiger charge is -2.34. The van der Waals surface area contributed by atoms with E-state index < -0.39 is 0 Å². The Morgan fingerprint density at radius 2 is 1.45 bits per heavy atom. The van der Waals surface area contributed by atoms with Crippen LogP contribution in [0.2, 0.25) is 0 Å². The standard InChI is InChI=1S/C16H26N2O2/c1-15-3-5-16(6-4-15)20-14-12-18-9-7-17(8-10-18)11-13-19-2/h3-6H,7-14H2,1-2H3. The smallest absolute Gasteiger partial charge is 0.119 e. The predicted molar refractivity (Wildman–Crippen MR) is 81.4 cm³/mol. The van der Waals surface area contributed by atoms with Gasteiger partial charge in [-0.2, -0.15) is 0 Å². The van der Waals surface area contributed by atoms with Gasteiger partial charge in [0.25, 0.3) is 0 Å². The summed E-state index contributed by atoms with van der Waals surface area (Å²) in [5.74, 6) is 0.967. The average Bonchev–Trinajstić information content (AvgIpc) is 2.48. The van der Waals surface area contributed by atoms with E-state index in [-0.39, 0.29) is 0 Å². The van der Waals surface area contributed by atoms with Crippen LogP contribution in [0, 0.1) is 6.92 Å². The fraction of sp³-hybridized carbons (Fsp3) is 0.625. The lowest BCUT2D eigenvalue weighted by Crippen LogP contribution is -2.48.